The number of nitrogens with zero attached hydrogens (tertiary/aromatic N) is 3. The second-order valence-corrected chi connectivity index (χ2v) is 2.99. The fraction of sp³-hybridized carbons (Fsp3) is 0.444. The van der Waals surface area contributed by atoms with Crippen molar-refractivity contribution in [3.8, 4) is 0 Å². The number of hydrogen-bond acceptors (Lipinski definition) is 4. The number of aryl methyl sites for hydroxylation is 1. The van der Waals surface area contributed by atoms with E-state index in [1.54, 1.807) is 19.4 Å². The number of rotatable bonds is 4. The first-order valence-corrected chi connectivity index (χ1v) is 4.37. The van der Waals surface area contributed by atoms with Gasteiger partial charge in [0.1, 0.15) is 6.54 Å². The molecule has 76 valence electrons. The van der Waals surface area contributed by atoms with Crippen LogP contribution in [0.5, 0.6) is 0 Å². The van der Waals surface area contributed by atoms with Crippen LogP contribution < -0.4 is 4.90 Å². The molecule has 0 saturated carbocycles. The lowest BCUT2D eigenvalue weighted by Crippen LogP contribution is -2.26. The average Bonchev–Trinajstić information content (AvgIpc) is 2.17. The summed E-state index contributed by atoms with van der Waals surface area (Å²) in [6.07, 6.45) is 4.30. The lowest BCUT2D eigenvalue weighted by molar-refractivity contribution is -0.135. The van der Waals surface area contributed by atoms with Gasteiger partial charge >= 0.3 is 5.97 Å². The molecule has 1 aromatic rings. The molecule has 0 aliphatic rings. The number of carboxylic acids is 1. The van der Waals surface area contributed by atoms with Crippen LogP contribution in [0.4, 0.5) is 5.95 Å². The van der Waals surface area contributed by atoms with Gasteiger partial charge in [0.25, 0.3) is 0 Å². The quantitative estimate of drug-likeness (QED) is 0.760. The van der Waals surface area contributed by atoms with Gasteiger partial charge in [-0.2, -0.15) is 0 Å². The van der Waals surface area contributed by atoms with Gasteiger partial charge in [-0.05, 0) is 12.0 Å². The second kappa shape index (κ2) is 4.55. The number of hydrogen-bond donors (Lipinski definition) is 1. The molecule has 5 nitrogen and oxygen atoms in total. The van der Waals surface area contributed by atoms with Crippen LogP contribution in [0.25, 0.3) is 0 Å². The SMILES string of the molecule is CCc1cnc(N(C)CC(=O)O)nc1. The molecular formula is C9H13N3O2. The molecule has 0 unspecified atom stereocenters. The Bertz CT molecular complexity index is 310. The molecule has 1 aromatic heterocycles. The summed E-state index contributed by atoms with van der Waals surface area (Å²) in [7, 11) is 1.65. The van der Waals surface area contributed by atoms with Gasteiger partial charge < -0.3 is 10.0 Å². The summed E-state index contributed by atoms with van der Waals surface area (Å²) >= 11 is 0. The minimum absolute atomic E-state index is 0.0918. The number of anilines is 1. The zero-order valence-corrected chi connectivity index (χ0v) is 8.27. The largest absolute Gasteiger partial charge is 0.480 e. The van der Waals surface area contributed by atoms with Crippen molar-refractivity contribution in [3.05, 3.63) is 18.0 Å². The Morgan fingerprint density at radius 1 is 1.50 bits per heavy atom. The van der Waals surface area contributed by atoms with Crippen molar-refractivity contribution in [3.63, 3.8) is 0 Å². The van der Waals surface area contributed by atoms with E-state index in [0.717, 1.165) is 12.0 Å². The molecule has 0 aliphatic carbocycles. The van der Waals surface area contributed by atoms with E-state index in [1.165, 1.54) is 4.90 Å². The fourth-order valence-corrected chi connectivity index (χ4v) is 1.00. The van der Waals surface area contributed by atoms with Crippen molar-refractivity contribution < 1.29 is 9.90 Å². The molecule has 0 aliphatic heterocycles. The fourth-order valence-electron chi connectivity index (χ4n) is 1.00. The number of likely N-dealkylation sites (N-methyl/N-ethyl adjacent to an activating group) is 1. The number of carbonyl (C=O) groups is 1. The van der Waals surface area contributed by atoms with Crippen LogP contribution in [0, 0.1) is 0 Å². The highest BCUT2D eigenvalue weighted by molar-refractivity contribution is 5.72. The predicted molar refractivity (Wildman–Crippen MR) is 52.3 cm³/mol. The summed E-state index contributed by atoms with van der Waals surface area (Å²) < 4.78 is 0. The molecule has 0 saturated heterocycles. The van der Waals surface area contributed by atoms with E-state index >= 15 is 0 Å². The molecule has 0 spiro atoms. The summed E-state index contributed by atoms with van der Waals surface area (Å²) in [5.74, 6) is -0.458. The third-order valence-corrected chi connectivity index (χ3v) is 1.81. The molecular weight excluding hydrogens is 182 g/mol. The van der Waals surface area contributed by atoms with Crippen molar-refractivity contribution in [2.45, 2.75) is 13.3 Å². The van der Waals surface area contributed by atoms with Crippen LogP contribution in [-0.2, 0) is 11.2 Å². The summed E-state index contributed by atoms with van der Waals surface area (Å²) in [5.41, 5.74) is 1.04. The first-order chi connectivity index (χ1) is 6.63. The second-order valence-electron chi connectivity index (χ2n) is 2.99. The summed E-state index contributed by atoms with van der Waals surface area (Å²) in [5, 5.41) is 8.55. The summed E-state index contributed by atoms with van der Waals surface area (Å²) in [6.45, 7) is 1.92. The molecule has 0 aromatic carbocycles. The van der Waals surface area contributed by atoms with Crippen molar-refractivity contribution in [1.29, 1.82) is 0 Å². The van der Waals surface area contributed by atoms with E-state index in [4.69, 9.17) is 5.11 Å². The Labute approximate surface area is 82.4 Å². The Morgan fingerprint density at radius 3 is 2.50 bits per heavy atom. The number of aliphatic carboxylic acids is 1. The van der Waals surface area contributed by atoms with Crippen LogP contribution >= 0.6 is 0 Å². The smallest absolute Gasteiger partial charge is 0.323 e. The van der Waals surface area contributed by atoms with E-state index in [0.29, 0.717) is 5.95 Å². The van der Waals surface area contributed by atoms with Crippen molar-refractivity contribution in [1.82, 2.24) is 9.97 Å². The van der Waals surface area contributed by atoms with Gasteiger partial charge in [0.2, 0.25) is 5.95 Å². The highest BCUT2D eigenvalue weighted by Crippen LogP contribution is 2.04. The van der Waals surface area contributed by atoms with E-state index in [-0.39, 0.29) is 6.54 Å². The maximum absolute atomic E-state index is 10.4. The van der Waals surface area contributed by atoms with Gasteiger partial charge in [-0.15, -0.1) is 0 Å². The molecule has 0 fully saturated rings. The molecule has 1 heterocycles. The normalized spacial score (nSPS) is 9.86. The van der Waals surface area contributed by atoms with Gasteiger partial charge in [-0.3, -0.25) is 4.79 Å². The minimum Gasteiger partial charge on any atom is -0.480 e. The summed E-state index contributed by atoms with van der Waals surface area (Å²) in [4.78, 5) is 20.0. The topological polar surface area (TPSA) is 66.3 Å². The maximum Gasteiger partial charge on any atom is 0.323 e. The van der Waals surface area contributed by atoms with E-state index in [9.17, 15) is 4.79 Å². The lowest BCUT2D eigenvalue weighted by atomic mass is 10.3. The number of aromatic nitrogens is 2. The average molecular weight is 195 g/mol. The van der Waals surface area contributed by atoms with E-state index in [1.807, 2.05) is 6.92 Å². The number of carboxylic acid groups (broad SMARTS) is 1. The molecule has 14 heavy (non-hydrogen) atoms. The molecule has 0 amide bonds. The summed E-state index contributed by atoms with van der Waals surface area (Å²) in [6, 6.07) is 0. The Morgan fingerprint density at radius 2 is 2.07 bits per heavy atom. The van der Waals surface area contributed by atoms with Gasteiger partial charge in [-0.1, -0.05) is 6.92 Å². The van der Waals surface area contributed by atoms with Crippen LogP contribution in [0.3, 0.4) is 0 Å². The third-order valence-electron chi connectivity index (χ3n) is 1.81. The molecule has 1 rings (SSSR count). The Kier molecular flexibility index (Phi) is 3.39. The molecule has 5 heteroatoms. The molecule has 0 atom stereocenters. The minimum atomic E-state index is -0.893. The molecule has 0 bridgehead atoms. The van der Waals surface area contributed by atoms with E-state index < -0.39 is 5.97 Å². The lowest BCUT2D eigenvalue weighted by Gasteiger charge is -2.13. The zero-order chi connectivity index (χ0) is 10.6. The Balaban J connectivity index is 2.71. The van der Waals surface area contributed by atoms with Crippen LogP contribution in [0.15, 0.2) is 12.4 Å². The highest BCUT2D eigenvalue weighted by atomic mass is 16.4. The van der Waals surface area contributed by atoms with Crippen molar-refractivity contribution >= 4 is 11.9 Å². The van der Waals surface area contributed by atoms with E-state index in [2.05, 4.69) is 9.97 Å². The van der Waals surface area contributed by atoms with Gasteiger partial charge in [0.05, 0.1) is 0 Å². The van der Waals surface area contributed by atoms with Crippen LogP contribution in [0.2, 0.25) is 0 Å². The monoisotopic (exact) mass is 195 g/mol. The standard InChI is InChI=1S/C9H13N3O2/c1-3-7-4-10-9(11-5-7)12(2)6-8(13)14/h4-5H,3,6H2,1-2H3,(H,13,14). The van der Waals surface area contributed by atoms with Crippen molar-refractivity contribution in [2.75, 3.05) is 18.5 Å². The third kappa shape index (κ3) is 2.69. The zero-order valence-electron chi connectivity index (χ0n) is 8.27. The maximum atomic E-state index is 10.4. The predicted octanol–water partition coefficient (Wildman–Crippen LogP) is 0.560. The molecule has 1 N–H and O–H groups in total. The van der Waals surface area contributed by atoms with Gasteiger partial charge in [-0.25, -0.2) is 9.97 Å². The van der Waals surface area contributed by atoms with Gasteiger partial charge in [0.15, 0.2) is 0 Å². The van der Waals surface area contributed by atoms with Gasteiger partial charge in [0, 0.05) is 19.4 Å². The van der Waals surface area contributed by atoms with Crippen molar-refractivity contribution in [2.24, 2.45) is 0 Å². The highest BCUT2D eigenvalue weighted by Gasteiger charge is 2.07. The first-order valence-electron chi connectivity index (χ1n) is 4.37. The first kappa shape index (κ1) is 10.4. The van der Waals surface area contributed by atoms with Crippen LogP contribution in [0.1, 0.15) is 12.5 Å². The Hall–Kier alpha value is -1.65. The molecule has 0 radical (unpaired) electrons. The van der Waals surface area contributed by atoms with Crippen LogP contribution in [-0.4, -0.2) is 34.6 Å².